The Balaban J connectivity index is 1.21. The molecule has 0 N–H and O–H groups in total. The second-order valence-electron chi connectivity index (χ2n) is 13.4. The van der Waals surface area contributed by atoms with E-state index >= 15 is 0 Å². The summed E-state index contributed by atoms with van der Waals surface area (Å²) in [4.78, 5) is 2.41. The van der Waals surface area contributed by atoms with Crippen molar-refractivity contribution in [2.75, 3.05) is 4.90 Å². The predicted octanol–water partition coefficient (Wildman–Crippen LogP) is 13.9. The number of hydrogen-bond acceptors (Lipinski definition) is 1. The van der Waals surface area contributed by atoms with E-state index in [-0.39, 0.29) is 0 Å². The number of para-hydroxylation sites is 2. The number of anilines is 3. The van der Waals surface area contributed by atoms with Gasteiger partial charge in [0.05, 0.1) is 16.7 Å². The molecular weight excluding hydrogens is 629 g/mol. The minimum atomic E-state index is 1.10. The number of rotatable bonds is 6. The Morgan fingerprint density at radius 1 is 0.346 bits per heavy atom. The topological polar surface area (TPSA) is 8.17 Å². The Labute approximate surface area is 303 Å². The molecule has 0 saturated heterocycles. The fourth-order valence-electron chi connectivity index (χ4n) is 7.88. The zero-order chi connectivity index (χ0) is 34.4. The van der Waals surface area contributed by atoms with Gasteiger partial charge in [0.15, 0.2) is 0 Å². The third-order valence-electron chi connectivity index (χ3n) is 10.3. The fourth-order valence-corrected chi connectivity index (χ4v) is 7.88. The summed E-state index contributed by atoms with van der Waals surface area (Å²) < 4.78 is 2.45. The summed E-state index contributed by atoms with van der Waals surface area (Å²) in [6.45, 7) is 0. The maximum atomic E-state index is 2.45. The highest BCUT2D eigenvalue weighted by atomic mass is 15.1. The Hall–Kier alpha value is -6.90. The SMILES string of the molecule is c1ccc(-c2ccccc2N(c2ccc(-c3ccc4ccccc4c3)cc2)c2ccc3c4ccc5ccccc5c4n(-c4ccccc4)c3c2)cc1. The van der Waals surface area contributed by atoms with Gasteiger partial charge >= 0.3 is 0 Å². The maximum absolute atomic E-state index is 2.45. The summed E-state index contributed by atoms with van der Waals surface area (Å²) in [6, 6.07) is 74.7. The molecule has 10 aromatic rings. The zero-order valence-corrected chi connectivity index (χ0v) is 28.5. The lowest BCUT2D eigenvalue weighted by atomic mass is 9.99. The fraction of sp³-hybridized carbons (Fsp3) is 0. The molecule has 9 aromatic carbocycles. The summed E-state index contributed by atoms with van der Waals surface area (Å²) in [5.41, 5.74) is 11.6. The van der Waals surface area contributed by atoms with Gasteiger partial charge in [-0.1, -0.05) is 158 Å². The smallest absolute Gasteiger partial charge is 0.0619 e. The van der Waals surface area contributed by atoms with Crippen LogP contribution in [0.1, 0.15) is 0 Å². The van der Waals surface area contributed by atoms with Gasteiger partial charge in [0, 0.05) is 38.8 Å². The van der Waals surface area contributed by atoms with Crippen molar-refractivity contribution in [3.63, 3.8) is 0 Å². The van der Waals surface area contributed by atoms with E-state index in [9.17, 15) is 0 Å². The Bertz CT molecular complexity index is 2890. The first-order valence-corrected chi connectivity index (χ1v) is 17.9. The molecule has 2 nitrogen and oxygen atoms in total. The third kappa shape index (κ3) is 5.04. The second-order valence-corrected chi connectivity index (χ2v) is 13.4. The van der Waals surface area contributed by atoms with Gasteiger partial charge in [-0.2, -0.15) is 0 Å². The van der Waals surface area contributed by atoms with Crippen molar-refractivity contribution in [3.8, 4) is 27.9 Å². The van der Waals surface area contributed by atoms with Crippen LogP contribution >= 0.6 is 0 Å². The monoisotopic (exact) mass is 662 g/mol. The van der Waals surface area contributed by atoms with Crippen molar-refractivity contribution in [2.45, 2.75) is 0 Å². The lowest BCUT2D eigenvalue weighted by molar-refractivity contribution is 1.18. The molecule has 0 aliphatic rings. The van der Waals surface area contributed by atoms with Gasteiger partial charge < -0.3 is 9.47 Å². The summed E-state index contributed by atoms with van der Waals surface area (Å²) in [6.07, 6.45) is 0. The van der Waals surface area contributed by atoms with Crippen LogP contribution in [0.4, 0.5) is 17.1 Å². The van der Waals surface area contributed by atoms with Crippen LogP contribution in [0.15, 0.2) is 206 Å². The van der Waals surface area contributed by atoms with Crippen LogP contribution in [0.2, 0.25) is 0 Å². The molecule has 0 radical (unpaired) electrons. The number of fused-ring (bicyclic) bond motifs is 6. The molecule has 0 fully saturated rings. The largest absolute Gasteiger partial charge is 0.310 e. The molecule has 244 valence electrons. The first-order chi connectivity index (χ1) is 25.8. The van der Waals surface area contributed by atoms with Gasteiger partial charge in [0.25, 0.3) is 0 Å². The number of hydrogen-bond donors (Lipinski definition) is 0. The van der Waals surface area contributed by atoms with Crippen LogP contribution in [0.25, 0.3) is 71.3 Å². The Morgan fingerprint density at radius 2 is 0.962 bits per heavy atom. The molecule has 0 atom stereocenters. The zero-order valence-electron chi connectivity index (χ0n) is 28.5. The van der Waals surface area contributed by atoms with Gasteiger partial charge in [-0.25, -0.2) is 0 Å². The molecule has 0 aliphatic carbocycles. The van der Waals surface area contributed by atoms with Crippen molar-refractivity contribution in [1.29, 1.82) is 0 Å². The van der Waals surface area contributed by atoms with Crippen LogP contribution in [-0.2, 0) is 0 Å². The molecule has 2 heteroatoms. The molecule has 52 heavy (non-hydrogen) atoms. The van der Waals surface area contributed by atoms with Gasteiger partial charge in [-0.15, -0.1) is 0 Å². The average Bonchev–Trinajstić information content (AvgIpc) is 3.56. The van der Waals surface area contributed by atoms with Gasteiger partial charge in [-0.05, 0) is 81.4 Å². The van der Waals surface area contributed by atoms with E-state index in [0.717, 1.165) is 22.7 Å². The molecule has 0 unspecified atom stereocenters. The Morgan fingerprint density at radius 3 is 1.79 bits per heavy atom. The molecule has 0 saturated carbocycles. The van der Waals surface area contributed by atoms with Crippen molar-refractivity contribution >= 4 is 60.4 Å². The van der Waals surface area contributed by atoms with Crippen molar-refractivity contribution < 1.29 is 0 Å². The highest BCUT2D eigenvalue weighted by Crippen LogP contribution is 2.44. The molecular formula is C50H34N2. The van der Waals surface area contributed by atoms with Crippen LogP contribution in [0.5, 0.6) is 0 Å². The normalized spacial score (nSPS) is 11.5. The number of aromatic nitrogens is 1. The van der Waals surface area contributed by atoms with E-state index < -0.39 is 0 Å². The molecule has 1 aromatic heterocycles. The molecule has 0 amide bonds. The van der Waals surface area contributed by atoms with E-state index in [2.05, 4.69) is 216 Å². The summed E-state index contributed by atoms with van der Waals surface area (Å²) in [5, 5.41) is 7.47. The van der Waals surface area contributed by atoms with Crippen molar-refractivity contribution in [2.24, 2.45) is 0 Å². The summed E-state index contributed by atoms with van der Waals surface area (Å²) >= 11 is 0. The number of benzene rings is 9. The van der Waals surface area contributed by atoms with Gasteiger partial charge in [0.2, 0.25) is 0 Å². The molecule has 0 aliphatic heterocycles. The molecule has 0 spiro atoms. The summed E-state index contributed by atoms with van der Waals surface area (Å²) in [5.74, 6) is 0. The lowest BCUT2D eigenvalue weighted by Crippen LogP contribution is -2.11. The van der Waals surface area contributed by atoms with Crippen LogP contribution in [0.3, 0.4) is 0 Å². The molecule has 1 heterocycles. The minimum absolute atomic E-state index is 1.10. The third-order valence-corrected chi connectivity index (χ3v) is 10.3. The van der Waals surface area contributed by atoms with E-state index in [4.69, 9.17) is 0 Å². The first-order valence-electron chi connectivity index (χ1n) is 17.9. The van der Waals surface area contributed by atoms with Crippen LogP contribution in [0, 0.1) is 0 Å². The molecule has 10 rings (SSSR count). The molecule has 0 bridgehead atoms. The van der Waals surface area contributed by atoms with Crippen molar-refractivity contribution in [3.05, 3.63) is 206 Å². The van der Waals surface area contributed by atoms with E-state index in [0.29, 0.717) is 0 Å². The van der Waals surface area contributed by atoms with Crippen molar-refractivity contribution in [1.82, 2.24) is 4.57 Å². The quantitative estimate of drug-likeness (QED) is 0.172. The highest BCUT2D eigenvalue weighted by molar-refractivity contribution is 6.19. The van der Waals surface area contributed by atoms with Gasteiger partial charge in [-0.3, -0.25) is 0 Å². The Kier molecular flexibility index (Phi) is 7.18. The minimum Gasteiger partial charge on any atom is -0.310 e. The average molecular weight is 663 g/mol. The van der Waals surface area contributed by atoms with Crippen LogP contribution < -0.4 is 4.90 Å². The number of nitrogens with zero attached hydrogens (tertiary/aromatic N) is 2. The van der Waals surface area contributed by atoms with E-state index in [1.54, 1.807) is 0 Å². The van der Waals surface area contributed by atoms with Gasteiger partial charge in [0.1, 0.15) is 0 Å². The lowest BCUT2D eigenvalue weighted by Gasteiger charge is -2.28. The first kappa shape index (κ1) is 30.0. The van der Waals surface area contributed by atoms with E-state index in [1.165, 1.54) is 65.6 Å². The summed E-state index contributed by atoms with van der Waals surface area (Å²) in [7, 11) is 0. The highest BCUT2D eigenvalue weighted by Gasteiger charge is 2.21. The standard InChI is InChI=1S/C50H34N2/c1-3-14-37(15-4-1)44-20-11-12-22-48(44)51(42-28-25-36(26-29-42)40-24-23-35-13-7-8-17-39(35)33-40)43-30-32-46-47-31-27-38-16-9-10-21-45(38)50(47)52(49(46)34-43)41-18-5-2-6-19-41/h1-34H. The predicted molar refractivity (Wildman–Crippen MR) is 221 cm³/mol. The second kappa shape index (κ2) is 12.5. The maximum Gasteiger partial charge on any atom is 0.0619 e. The van der Waals surface area contributed by atoms with E-state index in [1.807, 2.05) is 0 Å². The van der Waals surface area contributed by atoms with Crippen LogP contribution in [-0.4, -0.2) is 4.57 Å².